The summed E-state index contributed by atoms with van der Waals surface area (Å²) in [5.41, 5.74) is -6.53. The van der Waals surface area contributed by atoms with E-state index in [2.05, 4.69) is 0 Å². The molecule has 0 amide bonds. The summed E-state index contributed by atoms with van der Waals surface area (Å²) in [4.78, 5) is 0. The van der Waals surface area contributed by atoms with E-state index in [1.807, 2.05) is 0 Å². The van der Waals surface area contributed by atoms with Crippen LogP contribution in [0.5, 0.6) is 0 Å². The highest BCUT2D eigenvalue weighted by Gasteiger charge is 3.06. The van der Waals surface area contributed by atoms with Gasteiger partial charge in [0, 0.05) is 0 Å². The van der Waals surface area contributed by atoms with E-state index in [1.54, 1.807) is 0 Å². The van der Waals surface area contributed by atoms with Crippen molar-refractivity contribution in [3.8, 4) is 0 Å². The molecule has 0 spiro atoms. The molecule has 0 aliphatic heterocycles. The summed E-state index contributed by atoms with van der Waals surface area (Å²) in [5.74, 6) is -19.3. The molecular formula is C5F10. The zero-order valence-electron chi connectivity index (χ0n) is 6.28. The summed E-state index contributed by atoms with van der Waals surface area (Å²) in [5, 5.41) is 0. The zero-order valence-corrected chi connectivity index (χ0v) is 6.28. The highest BCUT2D eigenvalue weighted by molar-refractivity contribution is 5.30. The fraction of sp³-hybridized carbons (Fsp3) is 1.00. The van der Waals surface area contributed by atoms with Gasteiger partial charge in [-0.3, -0.25) is 0 Å². The van der Waals surface area contributed by atoms with Gasteiger partial charge in [-0.15, -0.1) is 0 Å². The van der Waals surface area contributed by atoms with Gasteiger partial charge in [-0.2, -0.15) is 39.5 Å². The number of hydrogen-bond acceptors (Lipinski definition) is 0. The first kappa shape index (κ1) is 12.4. The quantitative estimate of drug-likeness (QED) is 0.579. The Labute approximate surface area is 74.8 Å². The highest BCUT2D eigenvalue weighted by atomic mass is 19.4. The standard InChI is InChI=1S/C5F10/c6-1(5(13,14)15)2(7,8)4(11,12)3(1,9)10. The van der Waals surface area contributed by atoms with Gasteiger partial charge in [-0.1, -0.05) is 0 Å². The van der Waals surface area contributed by atoms with Gasteiger partial charge in [0.15, 0.2) is 0 Å². The van der Waals surface area contributed by atoms with Crippen LogP contribution in [0.2, 0.25) is 0 Å². The van der Waals surface area contributed by atoms with Crippen LogP contribution in [0.15, 0.2) is 0 Å². The molecule has 1 saturated carbocycles. The van der Waals surface area contributed by atoms with E-state index < -0.39 is 29.6 Å². The third-order valence-corrected chi connectivity index (χ3v) is 2.04. The Balaban J connectivity index is 3.36. The molecular weight excluding hydrogens is 250 g/mol. The molecule has 10 heteroatoms. The molecule has 0 saturated heterocycles. The maximum Gasteiger partial charge on any atom is 0.435 e. The molecule has 0 N–H and O–H groups in total. The molecule has 0 bridgehead atoms. The summed E-state index contributed by atoms with van der Waals surface area (Å²) in [6.07, 6.45) is -6.79. The molecule has 90 valence electrons. The Bertz CT molecular complexity index is 267. The van der Waals surface area contributed by atoms with E-state index in [-0.39, 0.29) is 0 Å². The van der Waals surface area contributed by atoms with Crippen LogP contribution < -0.4 is 0 Å². The van der Waals surface area contributed by atoms with Crippen molar-refractivity contribution in [1.82, 2.24) is 0 Å². The third kappa shape index (κ3) is 0.865. The van der Waals surface area contributed by atoms with Crippen LogP contribution in [0.25, 0.3) is 0 Å². The van der Waals surface area contributed by atoms with Crippen molar-refractivity contribution in [2.24, 2.45) is 0 Å². The first-order valence-electron chi connectivity index (χ1n) is 3.14. The third-order valence-electron chi connectivity index (χ3n) is 2.04. The molecule has 0 aromatic heterocycles. The first-order chi connectivity index (χ1) is 6.25. The molecule has 15 heavy (non-hydrogen) atoms. The van der Waals surface area contributed by atoms with Gasteiger partial charge >= 0.3 is 29.6 Å². The lowest BCUT2D eigenvalue weighted by molar-refractivity contribution is -0.519. The summed E-state index contributed by atoms with van der Waals surface area (Å²) in [7, 11) is 0. The number of halogens is 10. The average Bonchev–Trinajstić information content (AvgIpc) is 1.98. The van der Waals surface area contributed by atoms with Gasteiger partial charge in [0.05, 0.1) is 0 Å². The molecule has 0 radical (unpaired) electrons. The lowest BCUT2D eigenvalue weighted by atomic mass is 9.69. The molecule has 0 aromatic rings. The van der Waals surface area contributed by atoms with Crippen LogP contribution >= 0.6 is 0 Å². The molecule has 1 aliphatic rings. The molecule has 1 fully saturated rings. The minimum absolute atomic E-state index is 6.36. The van der Waals surface area contributed by atoms with E-state index in [9.17, 15) is 43.9 Å². The van der Waals surface area contributed by atoms with Crippen molar-refractivity contribution >= 4 is 0 Å². The lowest BCUT2D eigenvalue weighted by Gasteiger charge is -2.53. The Morgan fingerprint density at radius 1 is 0.533 bits per heavy atom. The van der Waals surface area contributed by atoms with E-state index >= 15 is 0 Å². The fourth-order valence-electron chi connectivity index (χ4n) is 1.12. The predicted octanol–water partition coefficient (Wildman–Crippen LogP) is 3.18. The van der Waals surface area contributed by atoms with Gasteiger partial charge in [0.25, 0.3) is 0 Å². The minimum Gasteiger partial charge on any atom is -0.219 e. The predicted molar refractivity (Wildman–Crippen MR) is 24.7 cm³/mol. The second-order valence-electron chi connectivity index (χ2n) is 2.88. The van der Waals surface area contributed by atoms with Crippen molar-refractivity contribution in [1.29, 1.82) is 0 Å². The zero-order chi connectivity index (χ0) is 12.5. The minimum atomic E-state index is -6.79. The van der Waals surface area contributed by atoms with Crippen molar-refractivity contribution in [2.45, 2.75) is 29.6 Å². The van der Waals surface area contributed by atoms with E-state index in [1.165, 1.54) is 0 Å². The Hall–Kier alpha value is -0.700. The van der Waals surface area contributed by atoms with Crippen LogP contribution in [-0.2, 0) is 0 Å². The van der Waals surface area contributed by atoms with Crippen LogP contribution in [0.1, 0.15) is 0 Å². The van der Waals surface area contributed by atoms with Gasteiger partial charge in [0.1, 0.15) is 0 Å². The second kappa shape index (κ2) is 2.34. The topological polar surface area (TPSA) is 0 Å². The monoisotopic (exact) mass is 250 g/mol. The van der Waals surface area contributed by atoms with Crippen molar-refractivity contribution < 1.29 is 43.9 Å². The van der Waals surface area contributed by atoms with Crippen molar-refractivity contribution in [2.75, 3.05) is 0 Å². The Morgan fingerprint density at radius 2 is 0.800 bits per heavy atom. The van der Waals surface area contributed by atoms with E-state index in [0.717, 1.165) is 0 Å². The van der Waals surface area contributed by atoms with E-state index in [0.29, 0.717) is 0 Å². The SMILES string of the molecule is FC(F)(F)C1(F)C(F)(F)C(F)(F)C1(F)F. The van der Waals surface area contributed by atoms with Crippen molar-refractivity contribution in [3.63, 3.8) is 0 Å². The average molecular weight is 250 g/mol. The Kier molecular flexibility index (Phi) is 1.93. The normalized spacial score (nSPS) is 30.8. The van der Waals surface area contributed by atoms with Crippen molar-refractivity contribution in [3.05, 3.63) is 0 Å². The highest BCUT2D eigenvalue weighted by Crippen LogP contribution is 2.72. The Morgan fingerprint density at radius 3 is 0.933 bits per heavy atom. The number of alkyl halides is 10. The van der Waals surface area contributed by atoms with Gasteiger partial charge in [0.2, 0.25) is 0 Å². The number of hydrogen-bond donors (Lipinski definition) is 0. The van der Waals surface area contributed by atoms with Crippen LogP contribution in [0, 0.1) is 0 Å². The molecule has 0 heterocycles. The second-order valence-corrected chi connectivity index (χ2v) is 2.88. The lowest BCUT2D eigenvalue weighted by Crippen LogP contribution is -2.88. The van der Waals surface area contributed by atoms with Gasteiger partial charge in [-0.05, 0) is 0 Å². The molecule has 0 nitrogen and oxygen atoms in total. The van der Waals surface area contributed by atoms with E-state index in [4.69, 9.17) is 0 Å². The fourth-order valence-corrected chi connectivity index (χ4v) is 1.12. The van der Waals surface area contributed by atoms with Crippen LogP contribution in [0.3, 0.4) is 0 Å². The van der Waals surface area contributed by atoms with Gasteiger partial charge in [-0.25, -0.2) is 4.39 Å². The molecule has 0 aromatic carbocycles. The molecule has 0 unspecified atom stereocenters. The molecule has 1 aliphatic carbocycles. The largest absolute Gasteiger partial charge is 0.435 e. The first-order valence-corrected chi connectivity index (χ1v) is 3.14. The molecule has 1 rings (SSSR count). The smallest absolute Gasteiger partial charge is 0.219 e. The summed E-state index contributed by atoms with van der Waals surface area (Å²) < 4.78 is 119. The summed E-state index contributed by atoms with van der Waals surface area (Å²) in [6.45, 7) is 0. The van der Waals surface area contributed by atoms with Crippen LogP contribution in [0.4, 0.5) is 43.9 Å². The summed E-state index contributed by atoms with van der Waals surface area (Å²) in [6, 6.07) is 0. The summed E-state index contributed by atoms with van der Waals surface area (Å²) >= 11 is 0. The molecule has 0 atom stereocenters. The maximum absolute atomic E-state index is 12.4. The maximum atomic E-state index is 12.4. The number of rotatable bonds is 0. The van der Waals surface area contributed by atoms with Crippen LogP contribution in [-0.4, -0.2) is 29.6 Å². The van der Waals surface area contributed by atoms with Gasteiger partial charge < -0.3 is 0 Å².